The van der Waals surface area contributed by atoms with Gasteiger partial charge < -0.3 is 15.3 Å². The second-order valence-corrected chi connectivity index (χ2v) is 7.90. The normalized spacial score (nSPS) is 49.8. The van der Waals surface area contributed by atoms with Crippen LogP contribution in [0.1, 0.15) is 32.6 Å². The fourth-order valence-corrected chi connectivity index (χ4v) is 5.87. The number of aliphatic hydroxyl groups is 3. The van der Waals surface area contributed by atoms with E-state index in [9.17, 15) is 15.3 Å². The van der Waals surface area contributed by atoms with Crippen molar-refractivity contribution >= 4 is 0 Å². The lowest BCUT2D eigenvalue weighted by Gasteiger charge is -2.51. The van der Waals surface area contributed by atoms with Crippen LogP contribution in [0.3, 0.4) is 0 Å². The zero-order chi connectivity index (χ0) is 15.5. The molecule has 4 aliphatic carbocycles. The Balaban J connectivity index is 1.70. The van der Waals surface area contributed by atoms with Crippen molar-refractivity contribution in [2.75, 3.05) is 6.61 Å². The molecule has 3 heteroatoms. The number of hydrogen-bond acceptors (Lipinski definition) is 3. The third kappa shape index (κ3) is 1.82. The maximum atomic E-state index is 10.2. The molecule has 0 aromatic carbocycles. The van der Waals surface area contributed by atoms with Gasteiger partial charge in [-0.1, -0.05) is 31.2 Å². The van der Waals surface area contributed by atoms with Crippen molar-refractivity contribution in [2.24, 2.45) is 35.0 Å². The predicted molar refractivity (Wildman–Crippen MR) is 85.1 cm³/mol. The lowest BCUT2D eigenvalue weighted by atomic mass is 9.53. The first-order valence-electron chi connectivity index (χ1n) is 8.64. The molecule has 120 valence electrons. The van der Waals surface area contributed by atoms with Crippen LogP contribution in [0, 0.1) is 35.0 Å². The lowest BCUT2D eigenvalue weighted by Crippen LogP contribution is -2.45. The zero-order valence-electron chi connectivity index (χ0n) is 13.2. The molecule has 0 spiro atoms. The van der Waals surface area contributed by atoms with Crippen LogP contribution in [0.4, 0.5) is 0 Å². The molecule has 0 aromatic rings. The minimum Gasteiger partial charge on any atom is -0.509 e. The van der Waals surface area contributed by atoms with Gasteiger partial charge in [0.1, 0.15) is 11.9 Å². The van der Waals surface area contributed by atoms with E-state index in [2.05, 4.69) is 19.1 Å². The van der Waals surface area contributed by atoms with Crippen LogP contribution < -0.4 is 0 Å². The van der Waals surface area contributed by atoms with Crippen molar-refractivity contribution in [3.8, 4) is 0 Å². The smallest absolute Gasteiger partial charge is 0.129 e. The van der Waals surface area contributed by atoms with E-state index >= 15 is 0 Å². The van der Waals surface area contributed by atoms with Gasteiger partial charge in [-0.2, -0.15) is 0 Å². The van der Waals surface area contributed by atoms with E-state index in [0.29, 0.717) is 30.3 Å². The summed E-state index contributed by atoms with van der Waals surface area (Å²) in [5, 5.41) is 29.7. The Bertz CT molecular complexity index is 561. The number of rotatable bonds is 1. The molecule has 0 saturated heterocycles. The van der Waals surface area contributed by atoms with Crippen LogP contribution in [0.15, 0.2) is 35.6 Å². The van der Waals surface area contributed by atoms with Gasteiger partial charge in [-0.25, -0.2) is 0 Å². The topological polar surface area (TPSA) is 60.7 Å². The van der Waals surface area contributed by atoms with E-state index in [1.165, 1.54) is 12.8 Å². The first kappa shape index (κ1) is 14.5. The fourth-order valence-electron chi connectivity index (χ4n) is 5.87. The monoisotopic (exact) mass is 302 g/mol. The molecule has 0 aromatic heterocycles. The Morgan fingerprint density at radius 1 is 1.18 bits per heavy atom. The van der Waals surface area contributed by atoms with Crippen LogP contribution in [0.2, 0.25) is 0 Å². The highest BCUT2D eigenvalue weighted by Gasteiger charge is 2.55. The number of hydrogen-bond donors (Lipinski definition) is 3. The second kappa shape index (κ2) is 4.97. The first-order valence-corrected chi connectivity index (χ1v) is 8.64. The van der Waals surface area contributed by atoms with Gasteiger partial charge in [0.25, 0.3) is 0 Å². The van der Waals surface area contributed by atoms with Gasteiger partial charge in [-0.3, -0.25) is 0 Å². The highest BCUT2D eigenvalue weighted by atomic mass is 16.3. The summed E-state index contributed by atoms with van der Waals surface area (Å²) in [6.07, 6.45) is 12.0. The summed E-state index contributed by atoms with van der Waals surface area (Å²) in [7, 11) is 0. The molecular weight excluding hydrogens is 276 g/mol. The minimum absolute atomic E-state index is 0.134. The second-order valence-electron chi connectivity index (χ2n) is 7.90. The van der Waals surface area contributed by atoms with Crippen LogP contribution in [-0.4, -0.2) is 28.0 Å². The quantitative estimate of drug-likeness (QED) is 0.653. The molecular formula is C19H26O3. The summed E-state index contributed by atoms with van der Waals surface area (Å²) in [4.78, 5) is 0. The fraction of sp³-hybridized carbons (Fsp3) is 0.684. The average Bonchev–Trinajstić information content (AvgIpc) is 2.87. The maximum absolute atomic E-state index is 10.2. The van der Waals surface area contributed by atoms with Crippen LogP contribution in [0.25, 0.3) is 0 Å². The third-order valence-electron chi connectivity index (χ3n) is 7.20. The van der Waals surface area contributed by atoms with E-state index in [1.807, 2.05) is 6.08 Å². The summed E-state index contributed by atoms with van der Waals surface area (Å²) >= 11 is 0. The van der Waals surface area contributed by atoms with Gasteiger partial charge in [0.05, 0.1) is 0 Å². The number of aliphatic hydroxyl groups excluding tert-OH is 3. The Hall–Kier alpha value is -1.06. The third-order valence-corrected chi connectivity index (χ3v) is 7.20. The van der Waals surface area contributed by atoms with Crippen molar-refractivity contribution in [1.82, 2.24) is 0 Å². The molecule has 3 nitrogen and oxygen atoms in total. The Morgan fingerprint density at radius 2 is 2.00 bits per heavy atom. The van der Waals surface area contributed by atoms with E-state index in [1.54, 1.807) is 6.08 Å². The summed E-state index contributed by atoms with van der Waals surface area (Å²) in [5.74, 6) is 2.54. The molecule has 1 unspecified atom stereocenters. The first-order chi connectivity index (χ1) is 10.6. The van der Waals surface area contributed by atoms with Gasteiger partial charge in [0, 0.05) is 12.5 Å². The zero-order valence-corrected chi connectivity index (χ0v) is 13.2. The van der Waals surface area contributed by atoms with Gasteiger partial charge in [0.15, 0.2) is 0 Å². The van der Waals surface area contributed by atoms with E-state index in [0.717, 1.165) is 18.4 Å². The number of allylic oxidation sites excluding steroid dienone is 4. The van der Waals surface area contributed by atoms with Crippen LogP contribution in [-0.2, 0) is 0 Å². The molecule has 2 saturated carbocycles. The molecule has 0 bridgehead atoms. The van der Waals surface area contributed by atoms with Crippen molar-refractivity contribution in [1.29, 1.82) is 0 Å². The van der Waals surface area contributed by atoms with Gasteiger partial charge in [-0.05, 0) is 60.3 Å². The van der Waals surface area contributed by atoms with Crippen LogP contribution in [0.5, 0.6) is 0 Å². The average molecular weight is 302 g/mol. The van der Waals surface area contributed by atoms with E-state index in [4.69, 9.17) is 0 Å². The SMILES string of the molecule is C[C@]12CC[C@H]3[C@@H](C=CC4=C(O)C(O)C=C[C@@H]43)[C@@H]1CC[C@H]2CO. The Kier molecular flexibility index (Phi) is 3.28. The summed E-state index contributed by atoms with van der Waals surface area (Å²) in [5.41, 5.74) is 1.18. The predicted octanol–water partition coefficient (Wildman–Crippen LogP) is 2.97. The van der Waals surface area contributed by atoms with Gasteiger partial charge in [-0.15, -0.1) is 0 Å². The van der Waals surface area contributed by atoms with Crippen molar-refractivity contribution in [3.63, 3.8) is 0 Å². The van der Waals surface area contributed by atoms with Crippen LogP contribution >= 0.6 is 0 Å². The van der Waals surface area contributed by atoms with E-state index in [-0.39, 0.29) is 17.1 Å². The highest BCUT2D eigenvalue weighted by molar-refractivity contribution is 5.39. The molecule has 2 fully saturated rings. The molecule has 0 heterocycles. The van der Waals surface area contributed by atoms with Crippen molar-refractivity contribution < 1.29 is 15.3 Å². The molecule has 0 radical (unpaired) electrons. The molecule has 7 atom stereocenters. The molecule has 0 aliphatic heterocycles. The lowest BCUT2D eigenvalue weighted by molar-refractivity contribution is 0.00278. The largest absolute Gasteiger partial charge is 0.509 e. The molecule has 4 rings (SSSR count). The summed E-state index contributed by atoms with van der Waals surface area (Å²) in [6.45, 7) is 2.69. The van der Waals surface area contributed by atoms with Gasteiger partial charge >= 0.3 is 0 Å². The summed E-state index contributed by atoms with van der Waals surface area (Å²) < 4.78 is 0. The highest BCUT2D eigenvalue weighted by Crippen LogP contribution is 2.62. The minimum atomic E-state index is -0.841. The van der Waals surface area contributed by atoms with Crippen molar-refractivity contribution in [3.05, 3.63) is 35.6 Å². The molecule has 4 aliphatic rings. The summed E-state index contributed by atoms with van der Waals surface area (Å²) in [6, 6.07) is 0. The molecule has 22 heavy (non-hydrogen) atoms. The molecule has 3 N–H and O–H groups in total. The van der Waals surface area contributed by atoms with Crippen molar-refractivity contribution in [2.45, 2.75) is 38.7 Å². The Morgan fingerprint density at radius 3 is 2.77 bits per heavy atom. The van der Waals surface area contributed by atoms with Gasteiger partial charge in [0.2, 0.25) is 0 Å². The van der Waals surface area contributed by atoms with E-state index < -0.39 is 6.10 Å². The Labute approximate surface area is 132 Å². The number of fused-ring (bicyclic) bond motifs is 5. The maximum Gasteiger partial charge on any atom is 0.129 e. The molecule has 0 amide bonds. The standard InChI is InChI=1S/C19H26O3/c1-19-9-8-13-12-5-7-17(21)18(22)15(12)4-3-14(13)16(19)6-2-11(19)10-20/h3-5,7,11-14,16-17,20-22H,2,6,8-10H2,1H3/t11-,12+,13+,14+,16-,17?,19+/m0/s1.